The summed E-state index contributed by atoms with van der Waals surface area (Å²) < 4.78 is 13.4. The van der Waals surface area contributed by atoms with E-state index in [1.807, 2.05) is 0 Å². The molecule has 5 N–H and O–H groups in total. The van der Waals surface area contributed by atoms with Crippen molar-refractivity contribution in [2.24, 2.45) is 5.90 Å². The van der Waals surface area contributed by atoms with E-state index in [4.69, 9.17) is 10.0 Å². The zero-order valence-electron chi connectivity index (χ0n) is 9.21. The number of nitrogens with two attached hydrogens (primary N) is 1. The Kier molecular flexibility index (Phi) is 3.25. The molecule has 0 aliphatic heterocycles. The molecule has 0 heterocycles. The Hall–Kier alpha value is -1.64. The third kappa shape index (κ3) is 2.05. The molecule has 0 amide bonds. The Balaban J connectivity index is 2.37. The van der Waals surface area contributed by atoms with Crippen LogP contribution in [0.2, 0.25) is 5.82 Å². The maximum Gasteiger partial charge on any atom is 0.455 e. The van der Waals surface area contributed by atoms with Gasteiger partial charge in [-0.25, -0.2) is 9.18 Å². The number of halogens is 1. The molecule has 1 saturated carbocycles. The molecule has 0 bridgehead atoms. The molecule has 6 nitrogen and oxygen atoms in total. The summed E-state index contributed by atoms with van der Waals surface area (Å²) in [5.74, 6) is 1.19. The number of carbonyl (C=O) groups excluding carboxylic acids is 1. The Morgan fingerprint density at radius 1 is 1.50 bits per heavy atom. The van der Waals surface area contributed by atoms with Gasteiger partial charge >= 0.3 is 13.1 Å². The zero-order valence-corrected chi connectivity index (χ0v) is 9.21. The van der Waals surface area contributed by atoms with Gasteiger partial charge in [0.2, 0.25) is 0 Å². The van der Waals surface area contributed by atoms with Crippen LogP contribution in [0.5, 0.6) is 5.75 Å². The third-order valence-electron chi connectivity index (χ3n) is 3.09. The van der Waals surface area contributed by atoms with Gasteiger partial charge in [-0.2, -0.15) is 5.90 Å². The van der Waals surface area contributed by atoms with Crippen molar-refractivity contribution in [3.8, 4) is 5.75 Å². The topological polar surface area (TPSA) is 113 Å². The highest BCUT2D eigenvalue weighted by Gasteiger charge is 2.48. The summed E-state index contributed by atoms with van der Waals surface area (Å²) in [5, 5.41) is 27.8. The van der Waals surface area contributed by atoms with Crippen molar-refractivity contribution < 1.29 is 29.2 Å². The van der Waals surface area contributed by atoms with Crippen LogP contribution in [-0.4, -0.2) is 28.2 Å². The fourth-order valence-electron chi connectivity index (χ4n) is 2.04. The molecule has 2 atom stereocenters. The van der Waals surface area contributed by atoms with Gasteiger partial charge in [0, 0.05) is 5.82 Å². The molecule has 0 spiro atoms. The first-order chi connectivity index (χ1) is 8.47. The highest BCUT2D eigenvalue weighted by molar-refractivity contribution is 6.44. The largest absolute Gasteiger partial charge is 0.507 e. The number of aromatic hydroxyl groups is 1. The molecule has 1 aliphatic rings. The van der Waals surface area contributed by atoms with Crippen LogP contribution in [0.25, 0.3) is 0 Å². The fraction of sp³-hybridized carbons (Fsp3) is 0.300. The van der Waals surface area contributed by atoms with Crippen molar-refractivity contribution in [2.45, 2.75) is 18.2 Å². The number of phenolic OH excluding ortho intramolecular Hbond substituents is 1. The van der Waals surface area contributed by atoms with Crippen LogP contribution in [0, 0.1) is 5.82 Å². The average Bonchev–Trinajstić information content (AvgIpc) is 3.09. The van der Waals surface area contributed by atoms with Crippen molar-refractivity contribution in [3.05, 3.63) is 29.1 Å². The minimum atomic E-state index is -1.51. The lowest BCUT2D eigenvalue weighted by Crippen LogP contribution is -2.13. The van der Waals surface area contributed by atoms with Crippen LogP contribution >= 0.6 is 0 Å². The van der Waals surface area contributed by atoms with Crippen LogP contribution in [0.4, 0.5) is 4.39 Å². The van der Waals surface area contributed by atoms with Gasteiger partial charge in [0.05, 0.1) is 0 Å². The molecule has 1 aromatic rings. The maximum absolute atomic E-state index is 13.4. The molecular formula is C10H11BFNO5. The first-order valence-electron chi connectivity index (χ1n) is 5.26. The van der Waals surface area contributed by atoms with E-state index in [9.17, 15) is 14.3 Å². The van der Waals surface area contributed by atoms with E-state index in [1.165, 1.54) is 6.07 Å². The second-order valence-corrected chi connectivity index (χ2v) is 4.19. The van der Waals surface area contributed by atoms with E-state index >= 15 is 0 Å². The molecular weight excluding hydrogens is 244 g/mol. The summed E-state index contributed by atoms with van der Waals surface area (Å²) in [4.78, 5) is 15.1. The van der Waals surface area contributed by atoms with E-state index in [0.29, 0.717) is 6.42 Å². The van der Waals surface area contributed by atoms with Gasteiger partial charge in [-0.15, -0.1) is 0 Å². The summed E-state index contributed by atoms with van der Waals surface area (Å²) in [6.07, 6.45) is 0.438. The monoisotopic (exact) mass is 255 g/mol. The molecule has 1 aromatic carbocycles. The second-order valence-electron chi connectivity index (χ2n) is 4.19. The van der Waals surface area contributed by atoms with Crippen molar-refractivity contribution >= 4 is 13.1 Å². The Bertz CT molecular complexity index is 495. The van der Waals surface area contributed by atoms with Crippen LogP contribution in [0.1, 0.15) is 28.3 Å². The highest BCUT2D eigenvalue weighted by Crippen LogP contribution is 2.56. The van der Waals surface area contributed by atoms with Crippen molar-refractivity contribution in [1.29, 1.82) is 0 Å². The van der Waals surface area contributed by atoms with Crippen molar-refractivity contribution in [3.63, 3.8) is 0 Å². The Morgan fingerprint density at radius 3 is 2.67 bits per heavy atom. The molecule has 8 heteroatoms. The summed E-state index contributed by atoms with van der Waals surface area (Å²) in [6.45, 7) is 0. The van der Waals surface area contributed by atoms with Gasteiger partial charge < -0.3 is 20.0 Å². The maximum atomic E-state index is 13.4. The Labute approximate surface area is 102 Å². The van der Waals surface area contributed by atoms with Crippen molar-refractivity contribution in [2.75, 3.05) is 0 Å². The van der Waals surface area contributed by atoms with Crippen LogP contribution < -0.4 is 5.90 Å². The van der Waals surface area contributed by atoms with Gasteiger partial charge in [0.25, 0.3) is 0 Å². The first-order valence-corrected chi connectivity index (χ1v) is 5.26. The highest BCUT2D eigenvalue weighted by atomic mass is 19.1. The number of phenols is 1. The summed E-state index contributed by atoms with van der Waals surface area (Å²) in [7, 11) is -1.51. The lowest BCUT2D eigenvalue weighted by Gasteiger charge is -2.09. The summed E-state index contributed by atoms with van der Waals surface area (Å²) >= 11 is 0. The molecule has 1 unspecified atom stereocenters. The van der Waals surface area contributed by atoms with Crippen molar-refractivity contribution in [1.82, 2.24) is 0 Å². The SMILES string of the molecule is NOC(=O)c1c(F)ccc(C2C[C@H]2B(O)O)c1O. The second kappa shape index (κ2) is 4.56. The quantitative estimate of drug-likeness (QED) is 0.442. The number of benzene rings is 1. The van der Waals surface area contributed by atoms with E-state index in [2.05, 4.69) is 10.7 Å². The number of rotatable bonds is 3. The molecule has 0 aromatic heterocycles. The van der Waals surface area contributed by atoms with Crippen LogP contribution in [0.15, 0.2) is 12.1 Å². The molecule has 0 saturated heterocycles. The van der Waals surface area contributed by atoms with E-state index in [0.717, 1.165) is 6.07 Å². The molecule has 0 radical (unpaired) electrons. The fourth-order valence-corrected chi connectivity index (χ4v) is 2.04. The van der Waals surface area contributed by atoms with Gasteiger partial charge in [0.15, 0.2) is 0 Å². The number of hydrogen-bond acceptors (Lipinski definition) is 6. The lowest BCUT2D eigenvalue weighted by atomic mass is 9.81. The third-order valence-corrected chi connectivity index (χ3v) is 3.09. The van der Waals surface area contributed by atoms with Gasteiger partial charge in [-0.3, -0.25) is 0 Å². The predicted octanol–water partition coefficient (Wildman–Crippen LogP) is -0.108. The van der Waals surface area contributed by atoms with E-state index in [1.54, 1.807) is 0 Å². The number of hydrogen-bond donors (Lipinski definition) is 4. The molecule has 1 fully saturated rings. The minimum absolute atomic E-state index is 0.273. The predicted molar refractivity (Wildman–Crippen MR) is 59.0 cm³/mol. The molecule has 96 valence electrons. The smallest absolute Gasteiger partial charge is 0.455 e. The van der Waals surface area contributed by atoms with Crippen LogP contribution in [0.3, 0.4) is 0 Å². The molecule has 2 rings (SSSR count). The van der Waals surface area contributed by atoms with E-state index < -0.39 is 36.0 Å². The summed E-state index contributed by atoms with van der Waals surface area (Å²) in [6, 6.07) is 2.30. The molecule has 18 heavy (non-hydrogen) atoms. The lowest BCUT2D eigenvalue weighted by molar-refractivity contribution is 0.0494. The zero-order chi connectivity index (χ0) is 13.4. The standard InChI is InChI=1S/C10H11BFNO5/c12-7-2-1-4(5-3-6(5)11(16)17)9(14)8(7)10(15)18-13/h1-2,5-6,14,16-17H,3,13H2/t5?,6-/m1/s1. The van der Waals surface area contributed by atoms with Crippen LogP contribution in [-0.2, 0) is 4.84 Å². The van der Waals surface area contributed by atoms with E-state index in [-0.39, 0.29) is 11.5 Å². The number of carbonyl (C=O) groups is 1. The average molecular weight is 255 g/mol. The normalized spacial score (nSPS) is 21.6. The first kappa shape index (κ1) is 12.8. The van der Waals surface area contributed by atoms with Gasteiger partial charge in [0.1, 0.15) is 17.1 Å². The molecule has 1 aliphatic carbocycles. The Morgan fingerprint density at radius 2 is 2.17 bits per heavy atom. The summed E-state index contributed by atoms with van der Waals surface area (Å²) in [5.41, 5.74) is -0.372. The van der Waals surface area contributed by atoms with Gasteiger partial charge in [-0.05, 0) is 24.0 Å². The minimum Gasteiger partial charge on any atom is -0.507 e. The van der Waals surface area contributed by atoms with Gasteiger partial charge in [-0.1, -0.05) is 6.07 Å².